The van der Waals surface area contributed by atoms with Gasteiger partial charge in [-0.2, -0.15) is 0 Å². The van der Waals surface area contributed by atoms with E-state index in [-0.39, 0.29) is 18.2 Å². The average molecular weight is 407 g/mol. The maximum atomic E-state index is 12.1. The maximum absolute atomic E-state index is 12.1. The zero-order valence-corrected chi connectivity index (χ0v) is 14.6. The van der Waals surface area contributed by atoms with Gasteiger partial charge in [0.05, 0.1) is 11.0 Å². The number of carbonyl (C=O) groups excluding carboxylic acids is 1. The van der Waals surface area contributed by atoms with E-state index >= 15 is 0 Å². The molecule has 110 valence electrons. The summed E-state index contributed by atoms with van der Waals surface area (Å²) >= 11 is 2.24. The highest BCUT2D eigenvalue weighted by Crippen LogP contribution is 2.29. The minimum absolute atomic E-state index is 0.0117. The predicted molar refractivity (Wildman–Crippen MR) is 88.8 cm³/mol. The Kier molecular flexibility index (Phi) is 4.73. The zero-order valence-electron chi connectivity index (χ0n) is 11.6. The van der Waals surface area contributed by atoms with Gasteiger partial charge in [-0.25, -0.2) is 8.42 Å². The van der Waals surface area contributed by atoms with E-state index in [4.69, 9.17) is 0 Å². The Morgan fingerprint density at radius 3 is 2.65 bits per heavy atom. The van der Waals surface area contributed by atoms with E-state index in [1.165, 1.54) is 0 Å². The molecular formula is C14H18INO3S. The van der Waals surface area contributed by atoms with Crippen LogP contribution in [0, 0.1) is 3.57 Å². The van der Waals surface area contributed by atoms with Crippen LogP contribution in [0.25, 0.3) is 0 Å². The van der Waals surface area contributed by atoms with Crippen LogP contribution in [-0.4, -0.2) is 31.9 Å². The summed E-state index contributed by atoms with van der Waals surface area (Å²) in [6.45, 7) is 3.58. The summed E-state index contributed by atoms with van der Waals surface area (Å²) in [7, 11) is -3.13. The number of amides is 1. The van der Waals surface area contributed by atoms with Gasteiger partial charge in [0.15, 0.2) is 9.84 Å². The number of rotatable bonds is 4. The first-order chi connectivity index (χ1) is 9.31. The molecule has 0 bridgehead atoms. The van der Waals surface area contributed by atoms with Crippen LogP contribution in [0.5, 0.6) is 0 Å². The van der Waals surface area contributed by atoms with Crippen molar-refractivity contribution in [1.29, 1.82) is 0 Å². The van der Waals surface area contributed by atoms with E-state index in [0.717, 1.165) is 21.2 Å². The molecule has 0 aromatic heterocycles. The van der Waals surface area contributed by atoms with E-state index in [9.17, 15) is 13.2 Å². The molecule has 0 atom stereocenters. The van der Waals surface area contributed by atoms with Crippen LogP contribution in [-0.2, 0) is 21.1 Å². The van der Waals surface area contributed by atoms with E-state index in [1.54, 1.807) is 18.7 Å². The number of hydrogen-bond donors (Lipinski definition) is 0. The van der Waals surface area contributed by atoms with Gasteiger partial charge in [-0.1, -0.05) is 0 Å². The van der Waals surface area contributed by atoms with Crippen molar-refractivity contribution in [2.24, 2.45) is 0 Å². The van der Waals surface area contributed by atoms with Crippen LogP contribution < -0.4 is 4.90 Å². The molecule has 0 spiro atoms. The summed E-state index contributed by atoms with van der Waals surface area (Å²) < 4.78 is 24.9. The van der Waals surface area contributed by atoms with Crippen molar-refractivity contribution < 1.29 is 13.2 Å². The predicted octanol–water partition coefficient (Wildman–Crippen LogP) is 2.39. The fraction of sp³-hybridized carbons (Fsp3) is 0.500. The lowest BCUT2D eigenvalue weighted by molar-refractivity contribution is -0.118. The SMILES string of the molecule is CC(C)S(=O)(=O)CCN1C(=O)CCc2cc(I)ccc21. The second kappa shape index (κ2) is 6.01. The van der Waals surface area contributed by atoms with Crippen LogP contribution in [0.4, 0.5) is 5.69 Å². The van der Waals surface area contributed by atoms with Crippen LogP contribution in [0.15, 0.2) is 18.2 Å². The molecule has 4 nitrogen and oxygen atoms in total. The molecule has 1 heterocycles. The fourth-order valence-electron chi connectivity index (χ4n) is 2.23. The van der Waals surface area contributed by atoms with E-state index < -0.39 is 15.1 Å². The van der Waals surface area contributed by atoms with Gasteiger partial charge in [-0.15, -0.1) is 0 Å². The van der Waals surface area contributed by atoms with E-state index in [0.29, 0.717) is 6.42 Å². The summed E-state index contributed by atoms with van der Waals surface area (Å²) in [5.41, 5.74) is 1.99. The number of fused-ring (bicyclic) bond motifs is 1. The highest BCUT2D eigenvalue weighted by atomic mass is 127. The number of hydrogen-bond acceptors (Lipinski definition) is 3. The molecule has 0 saturated heterocycles. The Morgan fingerprint density at radius 2 is 2.00 bits per heavy atom. The van der Waals surface area contributed by atoms with Crippen molar-refractivity contribution in [3.8, 4) is 0 Å². The van der Waals surface area contributed by atoms with Crippen molar-refractivity contribution in [2.75, 3.05) is 17.2 Å². The standard InChI is InChI=1S/C14H18INO3S/c1-10(2)20(18,19)8-7-16-13-5-4-12(15)9-11(13)3-6-14(16)17/h4-5,9-10H,3,6-8H2,1-2H3. The first-order valence-corrected chi connectivity index (χ1v) is 9.41. The molecule has 0 N–H and O–H groups in total. The fourth-order valence-corrected chi connectivity index (χ4v) is 3.69. The Bertz CT molecular complexity index is 625. The van der Waals surface area contributed by atoms with Crippen molar-refractivity contribution >= 4 is 44.0 Å². The van der Waals surface area contributed by atoms with Gasteiger partial charge in [0.2, 0.25) is 5.91 Å². The average Bonchev–Trinajstić information content (AvgIpc) is 2.37. The summed E-state index contributed by atoms with van der Waals surface area (Å²) in [4.78, 5) is 13.7. The van der Waals surface area contributed by atoms with Crippen LogP contribution in [0.2, 0.25) is 0 Å². The van der Waals surface area contributed by atoms with Gasteiger partial charge in [0.1, 0.15) is 0 Å². The smallest absolute Gasteiger partial charge is 0.227 e. The number of aryl methyl sites for hydroxylation is 1. The van der Waals surface area contributed by atoms with Gasteiger partial charge in [0, 0.05) is 22.2 Å². The lowest BCUT2D eigenvalue weighted by atomic mass is 10.0. The van der Waals surface area contributed by atoms with Crippen molar-refractivity contribution in [3.63, 3.8) is 0 Å². The Labute approximate surface area is 133 Å². The molecule has 0 unspecified atom stereocenters. The molecule has 0 saturated carbocycles. The van der Waals surface area contributed by atoms with Crippen LogP contribution in [0.1, 0.15) is 25.8 Å². The van der Waals surface area contributed by atoms with Gasteiger partial charge >= 0.3 is 0 Å². The Morgan fingerprint density at radius 1 is 1.30 bits per heavy atom. The minimum atomic E-state index is -3.13. The maximum Gasteiger partial charge on any atom is 0.227 e. The quantitative estimate of drug-likeness (QED) is 0.721. The molecule has 6 heteroatoms. The molecule has 2 rings (SSSR count). The number of nitrogens with zero attached hydrogens (tertiary/aromatic N) is 1. The molecule has 0 fully saturated rings. The molecule has 1 aromatic carbocycles. The molecule has 1 aliphatic heterocycles. The topological polar surface area (TPSA) is 54.5 Å². The normalized spacial score (nSPS) is 15.6. The molecule has 20 heavy (non-hydrogen) atoms. The molecular weight excluding hydrogens is 389 g/mol. The lowest BCUT2D eigenvalue weighted by Gasteiger charge is -2.29. The van der Waals surface area contributed by atoms with Crippen molar-refractivity contribution in [2.45, 2.75) is 31.9 Å². The highest BCUT2D eigenvalue weighted by molar-refractivity contribution is 14.1. The zero-order chi connectivity index (χ0) is 14.9. The Balaban J connectivity index is 2.22. The second-order valence-electron chi connectivity index (χ2n) is 5.23. The minimum Gasteiger partial charge on any atom is -0.311 e. The largest absolute Gasteiger partial charge is 0.311 e. The number of anilines is 1. The van der Waals surface area contributed by atoms with Gasteiger partial charge in [-0.05, 0) is 66.6 Å². The molecule has 0 radical (unpaired) electrons. The third kappa shape index (κ3) is 3.33. The number of sulfone groups is 1. The van der Waals surface area contributed by atoms with E-state index in [2.05, 4.69) is 28.7 Å². The first kappa shape index (κ1) is 15.8. The van der Waals surface area contributed by atoms with Crippen LogP contribution >= 0.6 is 22.6 Å². The third-order valence-corrected chi connectivity index (χ3v) is 6.42. The molecule has 1 aliphatic rings. The lowest BCUT2D eigenvalue weighted by Crippen LogP contribution is -2.39. The Hall–Kier alpha value is -0.630. The monoisotopic (exact) mass is 407 g/mol. The van der Waals surface area contributed by atoms with Gasteiger partial charge in [0.25, 0.3) is 0 Å². The summed E-state index contributed by atoms with van der Waals surface area (Å²) in [6, 6.07) is 5.92. The van der Waals surface area contributed by atoms with Gasteiger partial charge in [-0.3, -0.25) is 4.79 Å². The van der Waals surface area contributed by atoms with Gasteiger partial charge < -0.3 is 4.90 Å². The highest BCUT2D eigenvalue weighted by Gasteiger charge is 2.26. The molecule has 1 amide bonds. The molecule has 1 aromatic rings. The second-order valence-corrected chi connectivity index (χ2v) is 9.16. The van der Waals surface area contributed by atoms with Crippen LogP contribution in [0.3, 0.4) is 0 Å². The number of benzene rings is 1. The molecule has 0 aliphatic carbocycles. The van der Waals surface area contributed by atoms with E-state index in [1.807, 2.05) is 12.1 Å². The van der Waals surface area contributed by atoms with Crippen molar-refractivity contribution in [1.82, 2.24) is 0 Å². The summed E-state index contributed by atoms with van der Waals surface area (Å²) in [5.74, 6) is 0.0274. The number of halogens is 1. The number of carbonyl (C=O) groups is 1. The summed E-state index contributed by atoms with van der Waals surface area (Å²) in [6.07, 6.45) is 1.19. The third-order valence-electron chi connectivity index (χ3n) is 3.56. The van der Waals surface area contributed by atoms with Crippen molar-refractivity contribution in [3.05, 3.63) is 27.3 Å². The summed E-state index contributed by atoms with van der Waals surface area (Å²) in [5, 5.41) is -0.404. The first-order valence-electron chi connectivity index (χ1n) is 6.61.